The van der Waals surface area contributed by atoms with Gasteiger partial charge >= 0.3 is 0 Å². The average molecular weight is 301 g/mol. The number of hydrogen-bond donors (Lipinski definition) is 1. The lowest BCUT2D eigenvalue weighted by molar-refractivity contribution is 0.102. The molecule has 0 spiro atoms. The van der Waals surface area contributed by atoms with E-state index in [1.165, 1.54) is 18.2 Å². The highest BCUT2D eigenvalue weighted by atomic mass is 35.5. The van der Waals surface area contributed by atoms with E-state index in [1.807, 2.05) is 24.3 Å². The van der Waals surface area contributed by atoms with Crippen molar-refractivity contribution < 1.29 is 9.18 Å². The first-order valence-corrected chi connectivity index (χ1v) is 6.63. The van der Waals surface area contributed by atoms with Crippen LogP contribution >= 0.6 is 11.6 Å². The number of halogens is 2. The van der Waals surface area contributed by atoms with Crippen LogP contribution in [0.4, 0.5) is 10.1 Å². The van der Waals surface area contributed by atoms with Gasteiger partial charge in [-0.3, -0.25) is 4.79 Å². The molecule has 104 valence electrons. The molecule has 0 unspecified atom stereocenters. The molecule has 5 heteroatoms. The molecule has 0 aliphatic heterocycles. The van der Waals surface area contributed by atoms with E-state index >= 15 is 0 Å². The third-order valence-corrected chi connectivity index (χ3v) is 3.24. The molecule has 1 N–H and O–H groups in total. The summed E-state index contributed by atoms with van der Waals surface area (Å²) in [6, 6.07) is 14.8. The van der Waals surface area contributed by atoms with E-state index < -0.39 is 11.7 Å². The Morgan fingerprint density at radius 3 is 2.76 bits per heavy atom. The third-order valence-electron chi connectivity index (χ3n) is 3.01. The van der Waals surface area contributed by atoms with Gasteiger partial charge in [0.25, 0.3) is 5.91 Å². The Morgan fingerprint density at radius 2 is 1.90 bits per heavy atom. The zero-order valence-corrected chi connectivity index (χ0v) is 11.6. The number of hydrogen-bond acceptors (Lipinski definition) is 2. The van der Waals surface area contributed by atoms with Crippen LogP contribution in [0.15, 0.2) is 54.6 Å². The molecule has 0 saturated heterocycles. The molecule has 0 radical (unpaired) electrons. The van der Waals surface area contributed by atoms with Crippen LogP contribution in [0, 0.1) is 5.82 Å². The van der Waals surface area contributed by atoms with Crippen molar-refractivity contribution in [1.29, 1.82) is 0 Å². The van der Waals surface area contributed by atoms with E-state index in [0.29, 0.717) is 10.5 Å². The molecule has 1 aromatic heterocycles. The number of rotatable bonds is 2. The summed E-state index contributed by atoms with van der Waals surface area (Å²) < 4.78 is 13.6. The first-order valence-electron chi connectivity index (χ1n) is 6.26. The molecule has 3 rings (SSSR count). The number of carbonyl (C=O) groups is 1. The van der Waals surface area contributed by atoms with E-state index in [-0.39, 0.29) is 11.4 Å². The topological polar surface area (TPSA) is 42.0 Å². The Kier molecular flexibility index (Phi) is 3.54. The number of carbonyl (C=O) groups excluding carboxylic acids is 1. The van der Waals surface area contributed by atoms with E-state index in [1.54, 1.807) is 12.1 Å². The lowest BCUT2D eigenvalue weighted by Gasteiger charge is -2.07. The van der Waals surface area contributed by atoms with Crippen LogP contribution in [0.5, 0.6) is 0 Å². The highest BCUT2D eigenvalue weighted by molar-refractivity contribution is 6.31. The van der Waals surface area contributed by atoms with Gasteiger partial charge in [-0.15, -0.1) is 0 Å². The fourth-order valence-electron chi connectivity index (χ4n) is 1.97. The summed E-state index contributed by atoms with van der Waals surface area (Å²) in [6.07, 6.45) is 0. The summed E-state index contributed by atoms with van der Waals surface area (Å²) in [5, 5.41) is 3.75. The zero-order chi connectivity index (χ0) is 14.8. The average Bonchev–Trinajstić information content (AvgIpc) is 2.50. The van der Waals surface area contributed by atoms with Gasteiger partial charge in [-0.1, -0.05) is 35.9 Å². The van der Waals surface area contributed by atoms with E-state index in [2.05, 4.69) is 10.3 Å². The molecule has 1 heterocycles. The van der Waals surface area contributed by atoms with Crippen LogP contribution < -0.4 is 5.32 Å². The molecule has 0 aliphatic carbocycles. The molecule has 2 aromatic carbocycles. The molecule has 0 saturated carbocycles. The van der Waals surface area contributed by atoms with Gasteiger partial charge in [0, 0.05) is 10.4 Å². The van der Waals surface area contributed by atoms with Crippen molar-refractivity contribution in [3.8, 4) is 0 Å². The standard InChI is InChI=1S/C16H10ClFN2O/c17-11-6-7-12(18)15(9-11)20-16(21)14-8-5-10-3-1-2-4-13(10)19-14/h1-9H,(H,20,21). The predicted octanol–water partition coefficient (Wildman–Crippen LogP) is 4.28. The molecule has 3 nitrogen and oxygen atoms in total. The number of nitrogens with one attached hydrogen (secondary N) is 1. The third kappa shape index (κ3) is 2.85. The minimum absolute atomic E-state index is 0.0301. The minimum Gasteiger partial charge on any atom is -0.318 e. The molecule has 0 atom stereocenters. The fraction of sp³-hybridized carbons (Fsp3) is 0. The van der Waals surface area contributed by atoms with Crippen LogP contribution in [-0.4, -0.2) is 10.9 Å². The van der Waals surface area contributed by atoms with Crippen molar-refractivity contribution in [3.63, 3.8) is 0 Å². The second-order valence-electron chi connectivity index (χ2n) is 4.47. The summed E-state index contributed by atoms with van der Waals surface area (Å²) in [7, 11) is 0. The lowest BCUT2D eigenvalue weighted by Crippen LogP contribution is -2.14. The molecule has 21 heavy (non-hydrogen) atoms. The van der Waals surface area contributed by atoms with Crippen molar-refractivity contribution in [2.45, 2.75) is 0 Å². The van der Waals surface area contributed by atoms with Crippen LogP contribution in [0.3, 0.4) is 0 Å². The Morgan fingerprint density at radius 1 is 1.10 bits per heavy atom. The number of fused-ring (bicyclic) bond motifs is 1. The van der Waals surface area contributed by atoms with Crippen molar-refractivity contribution in [1.82, 2.24) is 4.98 Å². The molecule has 1 amide bonds. The van der Waals surface area contributed by atoms with Crippen LogP contribution in [-0.2, 0) is 0 Å². The van der Waals surface area contributed by atoms with Gasteiger partial charge < -0.3 is 5.32 Å². The summed E-state index contributed by atoms with van der Waals surface area (Å²) >= 11 is 5.79. The monoisotopic (exact) mass is 300 g/mol. The van der Waals surface area contributed by atoms with E-state index in [0.717, 1.165) is 5.39 Å². The van der Waals surface area contributed by atoms with Crippen LogP contribution in [0.1, 0.15) is 10.5 Å². The Hall–Kier alpha value is -2.46. The van der Waals surface area contributed by atoms with Crippen molar-refractivity contribution in [2.75, 3.05) is 5.32 Å². The number of amides is 1. The number of anilines is 1. The van der Waals surface area contributed by atoms with Gasteiger partial charge in [-0.25, -0.2) is 9.37 Å². The number of nitrogens with zero attached hydrogens (tertiary/aromatic N) is 1. The lowest BCUT2D eigenvalue weighted by atomic mass is 10.2. The molecule has 0 bridgehead atoms. The number of aromatic nitrogens is 1. The SMILES string of the molecule is O=C(Nc1cc(Cl)ccc1F)c1ccc2ccccc2n1. The molecule has 0 aliphatic rings. The van der Waals surface area contributed by atoms with Gasteiger partial charge in [0.2, 0.25) is 0 Å². The second kappa shape index (κ2) is 5.50. The highest BCUT2D eigenvalue weighted by Gasteiger charge is 2.11. The van der Waals surface area contributed by atoms with Gasteiger partial charge in [-0.2, -0.15) is 0 Å². The van der Waals surface area contributed by atoms with Crippen LogP contribution in [0.2, 0.25) is 5.02 Å². The summed E-state index contributed by atoms with van der Waals surface area (Å²) in [4.78, 5) is 16.4. The van der Waals surface area contributed by atoms with Crippen LogP contribution in [0.25, 0.3) is 10.9 Å². The van der Waals surface area contributed by atoms with Gasteiger partial charge in [0.15, 0.2) is 0 Å². The maximum absolute atomic E-state index is 13.6. The number of benzene rings is 2. The van der Waals surface area contributed by atoms with Gasteiger partial charge in [-0.05, 0) is 30.3 Å². The summed E-state index contributed by atoms with van der Waals surface area (Å²) in [5.41, 5.74) is 0.951. The zero-order valence-electron chi connectivity index (χ0n) is 10.8. The molecular formula is C16H10ClFN2O. The fourth-order valence-corrected chi connectivity index (χ4v) is 2.14. The summed E-state index contributed by atoms with van der Waals surface area (Å²) in [5.74, 6) is -1.03. The van der Waals surface area contributed by atoms with E-state index in [9.17, 15) is 9.18 Å². The summed E-state index contributed by atoms with van der Waals surface area (Å²) in [6.45, 7) is 0. The second-order valence-corrected chi connectivity index (χ2v) is 4.90. The first-order chi connectivity index (χ1) is 10.1. The molecule has 0 fully saturated rings. The van der Waals surface area contributed by atoms with Crippen molar-refractivity contribution in [3.05, 3.63) is 71.1 Å². The van der Waals surface area contributed by atoms with Gasteiger partial charge in [0.1, 0.15) is 11.5 Å². The minimum atomic E-state index is -0.548. The Balaban J connectivity index is 1.91. The van der Waals surface area contributed by atoms with E-state index in [4.69, 9.17) is 11.6 Å². The largest absolute Gasteiger partial charge is 0.318 e. The Bertz CT molecular complexity index is 835. The van der Waals surface area contributed by atoms with Crippen molar-refractivity contribution in [2.24, 2.45) is 0 Å². The first kappa shape index (κ1) is 13.5. The van der Waals surface area contributed by atoms with Crippen molar-refractivity contribution >= 4 is 34.1 Å². The number of para-hydroxylation sites is 1. The number of pyridine rings is 1. The predicted molar refractivity (Wildman–Crippen MR) is 81.1 cm³/mol. The normalized spacial score (nSPS) is 10.6. The quantitative estimate of drug-likeness (QED) is 0.767. The Labute approximate surface area is 125 Å². The maximum atomic E-state index is 13.6. The molecule has 3 aromatic rings. The maximum Gasteiger partial charge on any atom is 0.274 e. The smallest absolute Gasteiger partial charge is 0.274 e. The molecular weight excluding hydrogens is 291 g/mol. The van der Waals surface area contributed by atoms with Gasteiger partial charge in [0.05, 0.1) is 11.2 Å². The highest BCUT2D eigenvalue weighted by Crippen LogP contribution is 2.20.